The number of aryl methyl sites for hydroxylation is 2. The number of nitrogens with zero attached hydrogens (tertiary/aromatic N) is 8. The molecule has 6 aromatic rings. The molecule has 0 bridgehead atoms. The number of amides is 2. The van der Waals surface area contributed by atoms with Crippen molar-refractivity contribution in [2.75, 3.05) is 38.4 Å². The van der Waals surface area contributed by atoms with E-state index in [2.05, 4.69) is 46.1 Å². The van der Waals surface area contributed by atoms with Crippen LogP contribution in [0.15, 0.2) is 48.5 Å². The Labute approximate surface area is 424 Å². The second kappa shape index (κ2) is 24.1. The molecule has 2 aliphatic heterocycles. The molecule has 2 atom stereocenters. The second-order valence-corrected chi connectivity index (χ2v) is 16.3. The Morgan fingerprint density at radius 1 is 0.730 bits per heavy atom. The van der Waals surface area contributed by atoms with Crippen LogP contribution in [0.4, 0.5) is 17.2 Å². The van der Waals surface area contributed by atoms with Gasteiger partial charge in [-0.3, -0.25) is 9.59 Å². The van der Waals surface area contributed by atoms with Crippen LogP contribution in [-0.4, -0.2) is 84.2 Å². The van der Waals surface area contributed by atoms with Gasteiger partial charge in [-0.1, -0.05) is 56.6 Å². The SMILES string of the molecule is CC(C)(C)[O-].CNC(=O)c1ccccc1N.CNC(=O)c1ccccc1Nc1nc(Cl)nc2c1c(C)nn2C1CCCCO1.Cc1nn(C2CCCCO2)c2nc(Cl)nc(Cl)c12.[K+]. The first-order chi connectivity index (χ1) is 29.5. The van der Waals surface area contributed by atoms with Crippen LogP contribution in [0.3, 0.4) is 0 Å². The third kappa shape index (κ3) is 14.2. The third-order valence-corrected chi connectivity index (χ3v) is 9.91. The van der Waals surface area contributed by atoms with Gasteiger partial charge in [0.15, 0.2) is 23.8 Å². The van der Waals surface area contributed by atoms with E-state index in [0.29, 0.717) is 51.4 Å². The maximum Gasteiger partial charge on any atom is 1.00 e. The number of hydrogen-bond donors (Lipinski definition) is 4. The summed E-state index contributed by atoms with van der Waals surface area (Å²) in [6.07, 6.45) is 5.89. The van der Waals surface area contributed by atoms with Crippen LogP contribution in [0.2, 0.25) is 15.7 Å². The molecule has 2 aromatic carbocycles. The van der Waals surface area contributed by atoms with Crippen molar-refractivity contribution in [2.24, 2.45) is 0 Å². The molecule has 6 heterocycles. The largest absolute Gasteiger partial charge is 1.00 e. The first-order valence-electron chi connectivity index (χ1n) is 20.1. The number of halogens is 3. The van der Waals surface area contributed by atoms with Crippen molar-refractivity contribution >= 4 is 85.9 Å². The van der Waals surface area contributed by atoms with Crippen molar-refractivity contribution in [3.8, 4) is 0 Å². The molecule has 17 nitrogen and oxygen atoms in total. The van der Waals surface area contributed by atoms with E-state index in [1.165, 1.54) is 0 Å². The molecule has 2 amide bonds. The number of fused-ring (bicyclic) bond motifs is 2. The fraction of sp³-hybridized carbons (Fsp3) is 0.429. The van der Waals surface area contributed by atoms with Crippen LogP contribution in [0, 0.1) is 13.8 Å². The Balaban J connectivity index is 0.000000213. The molecule has 2 fully saturated rings. The predicted octanol–water partition coefficient (Wildman–Crippen LogP) is 4.51. The Morgan fingerprint density at radius 2 is 1.19 bits per heavy atom. The van der Waals surface area contributed by atoms with Crippen molar-refractivity contribution in [1.29, 1.82) is 0 Å². The average molecular weight is 950 g/mol. The van der Waals surface area contributed by atoms with E-state index in [1.807, 2.05) is 32.0 Å². The molecule has 0 aliphatic carbocycles. The Bertz CT molecular complexity index is 2480. The normalized spacial score (nSPS) is 15.9. The summed E-state index contributed by atoms with van der Waals surface area (Å²) >= 11 is 18.2. The van der Waals surface area contributed by atoms with Crippen molar-refractivity contribution < 1.29 is 75.6 Å². The van der Waals surface area contributed by atoms with Gasteiger partial charge in [-0.05, 0) is 99.8 Å². The van der Waals surface area contributed by atoms with Gasteiger partial charge in [0, 0.05) is 33.0 Å². The number of carbonyl (C=O) groups is 2. The van der Waals surface area contributed by atoms with Gasteiger partial charge < -0.3 is 36.3 Å². The van der Waals surface area contributed by atoms with Crippen molar-refractivity contribution in [2.45, 2.75) is 91.2 Å². The molecular weight excluding hydrogens is 898 g/mol. The number of nitrogen functional groups attached to an aromatic ring is 1. The van der Waals surface area contributed by atoms with E-state index < -0.39 is 5.60 Å². The number of ether oxygens (including phenoxy) is 2. The smallest absolute Gasteiger partial charge is 0.850 e. The zero-order valence-corrected chi connectivity index (χ0v) is 42.2. The van der Waals surface area contributed by atoms with E-state index in [4.69, 9.17) is 50.0 Å². The minimum absolute atomic E-state index is 0. The van der Waals surface area contributed by atoms with E-state index in [9.17, 15) is 14.7 Å². The fourth-order valence-electron chi connectivity index (χ4n) is 6.53. The summed E-state index contributed by atoms with van der Waals surface area (Å²) in [6, 6.07) is 14.2. The van der Waals surface area contributed by atoms with Gasteiger partial charge in [0.2, 0.25) is 10.6 Å². The van der Waals surface area contributed by atoms with Gasteiger partial charge in [0.25, 0.3) is 11.8 Å². The maximum absolute atomic E-state index is 12.2. The Morgan fingerprint density at radius 3 is 1.70 bits per heavy atom. The number of nitrogens with one attached hydrogen (secondary N) is 3. The third-order valence-electron chi connectivity index (χ3n) is 9.30. The summed E-state index contributed by atoms with van der Waals surface area (Å²) in [5.74, 6) is 0.163. The summed E-state index contributed by atoms with van der Waals surface area (Å²) in [4.78, 5) is 40.2. The number of aromatic nitrogens is 8. The fourth-order valence-corrected chi connectivity index (χ4v) is 7.20. The molecule has 8 rings (SSSR count). The molecule has 2 unspecified atom stereocenters. The van der Waals surface area contributed by atoms with Crippen LogP contribution in [0.1, 0.15) is 104 Å². The minimum Gasteiger partial charge on any atom is -0.850 e. The van der Waals surface area contributed by atoms with E-state index in [0.717, 1.165) is 67.3 Å². The van der Waals surface area contributed by atoms with Gasteiger partial charge in [-0.2, -0.15) is 25.1 Å². The number of hydrogen-bond acceptors (Lipinski definition) is 13. The first kappa shape index (κ1) is 52.1. The van der Waals surface area contributed by atoms with Crippen LogP contribution >= 0.6 is 34.8 Å². The molecule has 4 aromatic heterocycles. The number of carbonyl (C=O) groups excluding carboxylic acids is 2. The molecule has 2 saturated heterocycles. The molecule has 0 spiro atoms. The summed E-state index contributed by atoms with van der Waals surface area (Å²) in [6.45, 7) is 10.1. The summed E-state index contributed by atoms with van der Waals surface area (Å²) in [7, 11) is 3.17. The molecule has 63 heavy (non-hydrogen) atoms. The number of anilines is 3. The number of para-hydroxylation sites is 2. The molecule has 2 aliphatic rings. The zero-order chi connectivity index (χ0) is 45.1. The summed E-state index contributed by atoms with van der Waals surface area (Å²) < 4.78 is 15.1. The molecule has 21 heteroatoms. The monoisotopic (exact) mass is 948 g/mol. The van der Waals surface area contributed by atoms with Gasteiger partial charge in [-0.25, -0.2) is 14.3 Å². The quantitative estimate of drug-likeness (QED) is 0.0782. The standard InChI is InChI=1S/C19H21ClN6O2.C11H12Cl2N4O.C8H10N2O.C4H9O.K/c1-11-15-16(22-13-8-4-3-7-12(13)18(27)21-2)23-19(20)24-17(15)26(25-11)14-9-5-6-10-28-14;1-6-8-9(12)14-11(13)15-10(8)17(16-6)7-4-2-3-5-18-7;1-10-8(11)6-4-2-3-5-7(6)9;1-4(2,3)5;/h3-4,7-8,14H,5-6,9-10H2,1-2H3,(H,21,27)(H,22,23,24);7H,2-5H2,1H3;2-5H,9H2,1H3,(H,10,11);1-3H3;/q;;;-1;+1. The topological polar surface area (TPSA) is 225 Å². The molecule has 0 saturated carbocycles. The van der Waals surface area contributed by atoms with E-state index in [-0.39, 0.29) is 86.2 Å². The minimum atomic E-state index is -0.750. The Kier molecular flexibility index (Phi) is 19.9. The average Bonchev–Trinajstić information content (AvgIpc) is 3.76. The van der Waals surface area contributed by atoms with Crippen LogP contribution in [-0.2, 0) is 9.47 Å². The predicted molar refractivity (Wildman–Crippen MR) is 240 cm³/mol. The van der Waals surface area contributed by atoms with Crippen LogP contribution in [0.5, 0.6) is 0 Å². The summed E-state index contributed by atoms with van der Waals surface area (Å²) in [5, 5.41) is 29.7. The maximum atomic E-state index is 12.2. The van der Waals surface area contributed by atoms with Crippen LogP contribution < -0.4 is 78.2 Å². The number of nitrogens with two attached hydrogens (primary N) is 1. The van der Waals surface area contributed by atoms with Crippen molar-refractivity contribution in [3.05, 3.63) is 86.8 Å². The molecular formula is C42H52Cl3KN12O5. The molecule has 5 N–H and O–H groups in total. The molecule has 332 valence electrons. The first-order valence-corrected chi connectivity index (χ1v) is 21.2. The van der Waals surface area contributed by atoms with Gasteiger partial charge >= 0.3 is 51.4 Å². The Hall–Kier alpha value is -3.53. The zero-order valence-electron chi connectivity index (χ0n) is 36.8. The van der Waals surface area contributed by atoms with Crippen molar-refractivity contribution in [3.63, 3.8) is 0 Å². The number of benzene rings is 2. The number of rotatable bonds is 6. The summed E-state index contributed by atoms with van der Waals surface area (Å²) in [5.41, 5.74) is 9.76. The van der Waals surface area contributed by atoms with Gasteiger partial charge in [-0.15, -0.1) is 5.60 Å². The van der Waals surface area contributed by atoms with E-state index >= 15 is 0 Å². The molecule has 0 radical (unpaired) electrons. The second-order valence-electron chi connectivity index (χ2n) is 15.3. The van der Waals surface area contributed by atoms with Gasteiger partial charge in [0.1, 0.15) is 11.0 Å². The van der Waals surface area contributed by atoms with Crippen molar-refractivity contribution in [1.82, 2.24) is 50.1 Å². The van der Waals surface area contributed by atoms with Crippen LogP contribution in [0.25, 0.3) is 22.1 Å². The van der Waals surface area contributed by atoms with E-state index in [1.54, 1.807) is 74.6 Å². The van der Waals surface area contributed by atoms with Gasteiger partial charge in [0.05, 0.1) is 39.0 Å².